The number of rotatable bonds is 5. The highest BCUT2D eigenvalue weighted by molar-refractivity contribution is 5.97. The predicted octanol–water partition coefficient (Wildman–Crippen LogP) is 3.76. The summed E-state index contributed by atoms with van der Waals surface area (Å²) in [5.41, 5.74) is 5.01. The van der Waals surface area contributed by atoms with E-state index in [1.165, 1.54) is 5.56 Å². The van der Waals surface area contributed by atoms with Gasteiger partial charge in [0.1, 0.15) is 0 Å². The zero-order valence-corrected chi connectivity index (χ0v) is 14.4. The lowest BCUT2D eigenvalue weighted by atomic mass is 10.1. The van der Waals surface area contributed by atoms with E-state index in [4.69, 9.17) is 5.10 Å². The van der Waals surface area contributed by atoms with Crippen LogP contribution in [0, 0.1) is 6.92 Å². The van der Waals surface area contributed by atoms with Crippen LogP contribution in [0.5, 0.6) is 0 Å². The second-order valence-corrected chi connectivity index (χ2v) is 6.71. The van der Waals surface area contributed by atoms with E-state index in [0.717, 1.165) is 41.9 Å². The molecule has 0 atom stereocenters. The second kappa shape index (κ2) is 6.19. The Morgan fingerprint density at radius 2 is 2.13 bits per heavy atom. The fourth-order valence-electron chi connectivity index (χ4n) is 3.00. The molecular formula is C19H25N3O. The third-order valence-corrected chi connectivity index (χ3v) is 4.20. The summed E-state index contributed by atoms with van der Waals surface area (Å²) in [5.74, 6) is 0.455. The lowest BCUT2D eigenvalue weighted by Crippen LogP contribution is -2.31. The minimum atomic E-state index is 0.0117. The Kier molecular flexibility index (Phi) is 4.24. The van der Waals surface area contributed by atoms with E-state index in [9.17, 15) is 4.79 Å². The summed E-state index contributed by atoms with van der Waals surface area (Å²) in [6, 6.07) is 8.41. The van der Waals surface area contributed by atoms with Gasteiger partial charge in [0.25, 0.3) is 5.91 Å². The Morgan fingerprint density at radius 3 is 2.70 bits per heavy atom. The molecule has 0 aliphatic heterocycles. The molecule has 1 aromatic carbocycles. The van der Waals surface area contributed by atoms with Crippen LogP contribution in [0.25, 0.3) is 5.69 Å². The number of aryl methyl sites for hydroxylation is 1. The summed E-state index contributed by atoms with van der Waals surface area (Å²) < 4.78 is 1.97. The molecule has 1 aromatic heterocycles. The summed E-state index contributed by atoms with van der Waals surface area (Å²) in [6.07, 6.45) is 3.06. The minimum absolute atomic E-state index is 0.0117. The van der Waals surface area contributed by atoms with Gasteiger partial charge in [-0.2, -0.15) is 5.10 Å². The highest BCUT2D eigenvalue weighted by atomic mass is 16.1. The largest absolute Gasteiger partial charge is 0.350 e. The fraction of sp³-hybridized carbons (Fsp3) is 0.474. The normalized spacial score (nSPS) is 14.3. The van der Waals surface area contributed by atoms with E-state index in [2.05, 4.69) is 37.4 Å². The van der Waals surface area contributed by atoms with Gasteiger partial charge in [-0.25, -0.2) is 4.68 Å². The van der Waals surface area contributed by atoms with Crippen molar-refractivity contribution in [2.45, 2.75) is 58.9 Å². The van der Waals surface area contributed by atoms with Crippen molar-refractivity contribution in [2.75, 3.05) is 0 Å². The average Bonchev–Trinajstić information content (AvgIpc) is 3.26. The Bertz CT molecular complexity index is 726. The van der Waals surface area contributed by atoms with Gasteiger partial charge in [-0.3, -0.25) is 4.79 Å². The standard InChI is InChI=1S/C19H25N3O/c1-5-16-17(19(23)20-12(2)3)18(14-9-10-14)21-22(16)15-8-6-7-13(4)11-15/h6-8,11-12,14H,5,9-10H2,1-4H3,(H,20,23). The molecule has 122 valence electrons. The van der Waals surface area contributed by atoms with Crippen molar-refractivity contribution in [2.24, 2.45) is 0 Å². The average molecular weight is 311 g/mol. The SMILES string of the molecule is CCc1c(C(=O)NC(C)C)c(C2CC2)nn1-c1cccc(C)c1. The Labute approximate surface area is 137 Å². The quantitative estimate of drug-likeness (QED) is 0.914. The van der Waals surface area contributed by atoms with Gasteiger partial charge in [-0.1, -0.05) is 19.1 Å². The summed E-state index contributed by atoms with van der Waals surface area (Å²) >= 11 is 0. The van der Waals surface area contributed by atoms with Crippen molar-refractivity contribution in [3.63, 3.8) is 0 Å². The van der Waals surface area contributed by atoms with Crippen molar-refractivity contribution < 1.29 is 4.79 Å². The number of hydrogen-bond acceptors (Lipinski definition) is 2. The highest BCUT2D eigenvalue weighted by Gasteiger charge is 2.34. The molecule has 2 aromatic rings. The van der Waals surface area contributed by atoms with Crippen LogP contribution in [0.1, 0.15) is 66.8 Å². The summed E-state index contributed by atoms with van der Waals surface area (Å²) in [4.78, 5) is 12.7. The fourth-order valence-corrected chi connectivity index (χ4v) is 3.00. The van der Waals surface area contributed by atoms with Gasteiger partial charge in [-0.15, -0.1) is 0 Å². The molecule has 0 radical (unpaired) electrons. The van der Waals surface area contributed by atoms with Crippen LogP contribution in [-0.2, 0) is 6.42 Å². The molecule has 1 fully saturated rings. The molecule has 4 heteroatoms. The number of amides is 1. The van der Waals surface area contributed by atoms with E-state index >= 15 is 0 Å². The number of hydrogen-bond donors (Lipinski definition) is 1. The van der Waals surface area contributed by atoms with Gasteiger partial charge in [0.2, 0.25) is 0 Å². The van der Waals surface area contributed by atoms with Gasteiger partial charge >= 0.3 is 0 Å². The van der Waals surface area contributed by atoms with Gasteiger partial charge in [0, 0.05) is 12.0 Å². The number of benzene rings is 1. The highest BCUT2D eigenvalue weighted by Crippen LogP contribution is 2.42. The van der Waals surface area contributed by atoms with Crippen molar-refractivity contribution >= 4 is 5.91 Å². The maximum Gasteiger partial charge on any atom is 0.255 e. The van der Waals surface area contributed by atoms with E-state index < -0.39 is 0 Å². The molecular weight excluding hydrogens is 286 g/mol. The van der Waals surface area contributed by atoms with Gasteiger partial charge in [0.05, 0.1) is 22.6 Å². The third kappa shape index (κ3) is 3.16. The zero-order valence-electron chi connectivity index (χ0n) is 14.4. The van der Waals surface area contributed by atoms with Crippen LogP contribution in [0.4, 0.5) is 0 Å². The first-order valence-corrected chi connectivity index (χ1v) is 8.51. The van der Waals surface area contributed by atoms with Crippen molar-refractivity contribution in [3.05, 3.63) is 46.8 Å². The van der Waals surface area contributed by atoms with Crippen LogP contribution in [0.3, 0.4) is 0 Å². The smallest absolute Gasteiger partial charge is 0.255 e. The first-order valence-electron chi connectivity index (χ1n) is 8.51. The molecule has 0 unspecified atom stereocenters. The lowest BCUT2D eigenvalue weighted by molar-refractivity contribution is 0.0941. The number of carbonyl (C=O) groups is 1. The van der Waals surface area contributed by atoms with E-state index in [1.54, 1.807) is 0 Å². The Morgan fingerprint density at radius 1 is 1.39 bits per heavy atom. The van der Waals surface area contributed by atoms with Gasteiger partial charge < -0.3 is 5.32 Å². The van der Waals surface area contributed by atoms with Crippen LogP contribution >= 0.6 is 0 Å². The number of nitrogens with one attached hydrogen (secondary N) is 1. The molecule has 1 saturated carbocycles. The zero-order chi connectivity index (χ0) is 16.6. The molecule has 23 heavy (non-hydrogen) atoms. The summed E-state index contributed by atoms with van der Waals surface area (Å²) in [6.45, 7) is 8.15. The van der Waals surface area contributed by atoms with E-state index in [-0.39, 0.29) is 11.9 Å². The maximum absolute atomic E-state index is 12.7. The number of aromatic nitrogens is 2. The first-order chi connectivity index (χ1) is 11.0. The van der Waals surface area contributed by atoms with Crippen LogP contribution in [-0.4, -0.2) is 21.7 Å². The summed E-state index contributed by atoms with van der Waals surface area (Å²) in [7, 11) is 0. The molecule has 1 heterocycles. The molecule has 0 spiro atoms. The number of nitrogens with zero attached hydrogens (tertiary/aromatic N) is 2. The number of carbonyl (C=O) groups excluding carboxylic acids is 1. The molecule has 4 nitrogen and oxygen atoms in total. The molecule has 1 aliphatic carbocycles. The van der Waals surface area contributed by atoms with Crippen LogP contribution in [0.15, 0.2) is 24.3 Å². The predicted molar refractivity (Wildman–Crippen MR) is 92.3 cm³/mol. The minimum Gasteiger partial charge on any atom is -0.350 e. The van der Waals surface area contributed by atoms with E-state index in [1.807, 2.05) is 24.6 Å². The van der Waals surface area contributed by atoms with E-state index in [0.29, 0.717) is 5.92 Å². The van der Waals surface area contributed by atoms with Gasteiger partial charge in [0.15, 0.2) is 0 Å². The lowest BCUT2D eigenvalue weighted by Gasteiger charge is -2.11. The molecule has 1 N–H and O–H groups in total. The first kappa shape index (κ1) is 15.8. The molecule has 0 saturated heterocycles. The molecule has 3 rings (SSSR count). The molecule has 1 aliphatic rings. The molecule has 0 bridgehead atoms. The monoisotopic (exact) mass is 311 g/mol. The summed E-state index contributed by atoms with van der Waals surface area (Å²) in [5, 5.41) is 7.88. The third-order valence-electron chi connectivity index (χ3n) is 4.20. The Balaban J connectivity index is 2.12. The maximum atomic E-state index is 12.7. The molecule has 1 amide bonds. The van der Waals surface area contributed by atoms with Crippen LogP contribution < -0.4 is 5.32 Å². The van der Waals surface area contributed by atoms with Crippen molar-refractivity contribution in [1.29, 1.82) is 0 Å². The topological polar surface area (TPSA) is 46.9 Å². The second-order valence-electron chi connectivity index (χ2n) is 6.71. The Hall–Kier alpha value is -2.10. The van der Waals surface area contributed by atoms with Crippen LogP contribution in [0.2, 0.25) is 0 Å². The van der Waals surface area contributed by atoms with Crippen molar-refractivity contribution in [1.82, 2.24) is 15.1 Å². The van der Waals surface area contributed by atoms with Gasteiger partial charge in [-0.05, 0) is 57.7 Å². The van der Waals surface area contributed by atoms with Crippen molar-refractivity contribution in [3.8, 4) is 5.69 Å².